The Kier molecular flexibility index (Phi) is 3.95. The molecule has 0 aliphatic heterocycles. The molecule has 4 heteroatoms. The second kappa shape index (κ2) is 6.03. The van der Waals surface area contributed by atoms with E-state index in [0.717, 1.165) is 26.5 Å². The third-order valence-electron chi connectivity index (χ3n) is 2.95. The van der Waals surface area contributed by atoms with Crippen molar-refractivity contribution >= 4 is 21.6 Å². The van der Waals surface area contributed by atoms with Crippen LogP contribution >= 0.6 is 11.3 Å². The van der Waals surface area contributed by atoms with Crippen LogP contribution in [0.15, 0.2) is 48.5 Å². The number of benzene rings is 2. The number of fused-ring (bicyclic) bond motifs is 1. The molecule has 0 spiro atoms. The third kappa shape index (κ3) is 2.81. The highest BCUT2D eigenvalue weighted by molar-refractivity contribution is 7.21. The van der Waals surface area contributed by atoms with E-state index in [-0.39, 0.29) is 6.61 Å². The van der Waals surface area contributed by atoms with Gasteiger partial charge in [-0.15, -0.1) is 11.3 Å². The van der Waals surface area contributed by atoms with Gasteiger partial charge in [-0.1, -0.05) is 30.3 Å². The lowest BCUT2D eigenvalue weighted by molar-refractivity contribution is 0.234. The van der Waals surface area contributed by atoms with E-state index in [9.17, 15) is 0 Å². The maximum absolute atomic E-state index is 8.76. The summed E-state index contributed by atoms with van der Waals surface area (Å²) in [4.78, 5) is 4.64. The predicted octanol–water partition coefficient (Wildman–Crippen LogP) is 3.72. The van der Waals surface area contributed by atoms with Gasteiger partial charge in [-0.25, -0.2) is 4.98 Å². The van der Waals surface area contributed by atoms with Crippen molar-refractivity contribution in [2.75, 3.05) is 13.2 Å². The fraction of sp³-hybridized carbons (Fsp3) is 0.188. The van der Waals surface area contributed by atoms with Gasteiger partial charge in [0.25, 0.3) is 0 Å². The molecule has 3 rings (SSSR count). The van der Waals surface area contributed by atoms with E-state index in [1.165, 1.54) is 0 Å². The maximum Gasteiger partial charge on any atom is 0.124 e. The standard InChI is InChI=1S/C16H15NO2S/c18-9-4-10-19-13-7-8-14-15(11-13)20-16(17-14)12-5-2-1-3-6-12/h1-3,5-8,11,18H,4,9-10H2. The average molecular weight is 285 g/mol. The second-order valence-electron chi connectivity index (χ2n) is 4.44. The first-order valence-electron chi connectivity index (χ1n) is 6.56. The molecule has 0 aliphatic carbocycles. The summed E-state index contributed by atoms with van der Waals surface area (Å²) < 4.78 is 6.70. The van der Waals surface area contributed by atoms with E-state index in [4.69, 9.17) is 9.84 Å². The molecule has 0 saturated heterocycles. The van der Waals surface area contributed by atoms with Crippen molar-refractivity contribution in [3.63, 3.8) is 0 Å². The Morgan fingerprint density at radius 3 is 2.75 bits per heavy atom. The van der Waals surface area contributed by atoms with E-state index in [0.29, 0.717) is 13.0 Å². The Hall–Kier alpha value is -1.91. The molecule has 102 valence electrons. The Balaban J connectivity index is 1.88. The zero-order valence-corrected chi connectivity index (χ0v) is 11.8. The summed E-state index contributed by atoms with van der Waals surface area (Å²) in [6, 6.07) is 16.1. The minimum absolute atomic E-state index is 0.154. The van der Waals surface area contributed by atoms with Gasteiger partial charge in [-0.2, -0.15) is 0 Å². The second-order valence-corrected chi connectivity index (χ2v) is 5.47. The topological polar surface area (TPSA) is 42.4 Å². The maximum atomic E-state index is 8.76. The lowest BCUT2D eigenvalue weighted by Crippen LogP contribution is -1.99. The van der Waals surface area contributed by atoms with E-state index in [1.54, 1.807) is 11.3 Å². The van der Waals surface area contributed by atoms with Gasteiger partial charge in [0, 0.05) is 18.6 Å². The third-order valence-corrected chi connectivity index (χ3v) is 4.02. The Morgan fingerprint density at radius 2 is 1.95 bits per heavy atom. The van der Waals surface area contributed by atoms with Crippen molar-refractivity contribution in [2.24, 2.45) is 0 Å². The summed E-state index contributed by atoms with van der Waals surface area (Å²) in [5.74, 6) is 0.828. The van der Waals surface area contributed by atoms with Gasteiger partial charge in [0.2, 0.25) is 0 Å². The van der Waals surface area contributed by atoms with Crippen LogP contribution in [0.25, 0.3) is 20.8 Å². The molecule has 0 fully saturated rings. The molecule has 0 saturated carbocycles. The smallest absolute Gasteiger partial charge is 0.124 e. The first-order valence-corrected chi connectivity index (χ1v) is 7.38. The molecule has 0 radical (unpaired) electrons. The van der Waals surface area contributed by atoms with Crippen molar-refractivity contribution in [1.82, 2.24) is 4.98 Å². The normalized spacial score (nSPS) is 10.8. The summed E-state index contributed by atoms with van der Waals surface area (Å²) in [5, 5.41) is 9.78. The average Bonchev–Trinajstić information content (AvgIpc) is 2.92. The molecule has 3 aromatic rings. The molecule has 0 bridgehead atoms. The van der Waals surface area contributed by atoms with Crippen molar-refractivity contribution in [3.05, 3.63) is 48.5 Å². The minimum atomic E-state index is 0.154. The Morgan fingerprint density at radius 1 is 1.10 bits per heavy atom. The van der Waals surface area contributed by atoms with Gasteiger partial charge in [-0.3, -0.25) is 0 Å². The Labute approximate surface area is 121 Å². The highest BCUT2D eigenvalue weighted by Crippen LogP contribution is 2.32. The number of rotatable bonds is 5. The predicted molar refractivity (Wildman–Crippen MR) is 82.3 cm³/mol. The van der Waals surface area contributed by atoms with E-state index < -0.39 is 0 Å². The molecular formula is C16H15NO2S. The lowest BCUT2D eigenvalue weighted by Gasteiger charge is -2.03. The van der Waals surface area contributed by atoms with Crippen molar-refractivity contribution in [3.8, 4) is 16.3 Å². The highest BCUT2D eigenvalue weighted by Gasteiger charge is 2.06. The number of aliphatic hydroxyl groups is 1. The van der Waals surface area contributed by atoms with Crippen LogP contribution in [0.4, 0.5) is 0 Å². The van der Waals surface area contributed by atoms with Gasteiger partial charge >= 0.3 is 0 Å². The van der Waals surface area contributed by atoms with Crippen LogP contribution in [0.1, 0.15) is 6.42 Å². The number of hydrogen-bond acceptors (Lipinski definition) is 4. The quantitative estimate of drug-likeness (QED) is 0.726. The number of nitrogens with zero attached hydrogens (tertiary/aromatic N) is 1. The van der Waals surface area contributed by atoms with Gasteiger partial charge in [0.15, 0.2) is 0 Å². The van der Waals surface area contributed by atoms with E-state index in [1.807, 2.05) is 36.4 Å². The molecule has 20 heavy (non-hydrogen) atoms. The van der Waals surface area contributed by atoms with Gasteiger partial charge < -0.3 is 9.84 Å². The summed E-state index contributed by atoms with van der Waals surface area (Å²) in [7, 11) is 0. The summed E-state index contributed by atoms with van der Waals surface area (Å²) in [6.07, 6.45) is 0.649. The van der Waals surface area contributed by atoms with Crippen LogP contribution in [-0.2, 0) is 0 Å². The molecule has 1 heterocycles. The summed E-state index contributed by atoms with van der Waals surface area (Å²) >= 11 is 1.66. The molecule has 0 atom stereocenters. The zero-order chi connectivity index (χ0) is 13.8. The molecule has 0 unspecified atom stereocenters. The lowest BCUT2D eigenvalue weighted by atomic mass is 10.2. The first kappa shape index (κ1) is 13.1. The molecule has 1 N–H and O–H groups in total. The number of thiazole rings is 1. The number of ether oxygens (including phenoxy) is 1. The van der Waals surface area contributed by atoms with Crippen LogP contribution < -0.4 is 4.74 Å². The number of aromatic nitrogens is 1. The van der Waals surface area contributed by atoms with E-state index >= 15 is 0 Å². The zero-order valence-electron chi connectivity index (χ0n) is 11.0. The van der Waals surface area contributed by atoms with Gasteiger partial charge in [-0.05, 0) is 18.2 Å². The van der Waals surface area contributed by atoms with Crippen LogP contribution in [-0.4, -0.2) is 23.3 Å². The summed E-state index contributed by atoms with van der Waals surface area (Å²) in [5.41, 5.74) is 2.12. The SMILES string of the molecule is OCCCOc1ccc2nc(-c3ccccc3)sc2c1. The van der Waals surface area contributed by atoms with Gasteiger partial charge in [0.05, 0.1) is 16.8 Å². The van der Waals surface area contributed by atoms with Crippen LogP contribution in [0.2, 0.25) is 0 Å². The Bertz CT molecular complexity index is 694. The van der Waals surface area contributed by atoms with Crippen molar-refractivity contribution in [1.29, 1.82) is 0 Å². The monoisotopic (exact) mass is 285 g/mol. The number of hydrogen-bond donors (Lipinski definition) is 1. The summed E-state index contributed by atoms with van der Waals surface area (Å²) in [6.45, 7) is 0.688. The first-order chi connectivity index (χ1) is 9.86. The van der Waals surface area contributed by atoms with Crippen LogP contribution in [0.3, 0.4) is 0 Å². The fourth-order valence-electron chi connectivity index (χ4n) is 1.95. The molecular weight excluding hydrogens is 270 g/mol. The molecule has 0 amide bonds. The molecule has 1 aromatic heterocycles. The largest absolute Gasteiger partial charge is 0.493 e. The van der Waals surface area contributed by atoms with Crippen LogP contribution in [0.5, 0.6) is 5.75 Å². The number of aliphatic hydroxyl groups excluding tert-OH is 1. The van der Waals surface area contributed by atoms with E-state index in [2.05, 4.69) is 17.1 Å². The minimum Gasteiger partial charge on any atom is -0.493 e. The fourth-order valence-corrected chi connectivity index (χ4v) is 2.95. The van der Waals surface area contributed by atoms with Crippen LogP contribution in [0, 0.1) is 0 Å². The van der Waals surface area contributed by atoms with Crippen molar-refractivity contribution < 1.29 is 9.84 Å². The molecule has 2 aromatic carbocycles. The molecule has 0 aliphatic rings. The van der Waals surface area contributed by atoms with Crippen molar-refractivity contribution in [2.45, 2.75) is 6.42 Å². The highest BCUT2D eigenvalue weighted by atomic mass is 32.1. The molecule has 3 nitrogen and oxygen atoms in total. The van der Waals surface area contributed by atoms with Gasteiger partial charge in [0.1, 0.15) is 10.8 Å².